The predicted octanol–water partition coefficient (Wildman–Crippen LogP) is 6.10. The van der Waals surface area contributed by atoms with Gasteiger partial charge in [-0.2, -0.15) is 0 Å². The van der Waals surface area contributed by atoms with Crippen LogP contribution in [0.2, 0.25) is 0 Å². The highest BCUT2D eigenvalue weighted by molar-refractivity contribution is 6.05. The lowest BCUT2D eigenvalue weighted by atomic mass is 10.1. The number of nitrogens with zero attached hydrogens (tertiary/aromatic N) is 1. The minimum Gasteiger partial charge on any atom is -0.457 e. The molecule has 0 bridgehead atoms. The standard InChI is InChI=1S/C26H30N2O3/c1-17(2)30-19(4)15-22-11-14-25(20(5)27-22)26(29)28-21-7-6-8-24(16-21)31-23-12-9-18(3)10-13-23/h6-14,16-17,19H,15H2,1-5H3,(H,28,29). The van der Waals surface area contributed by atoms with E-state index >= 15 is 0 Å². The summed E-state index contributed by atoms with van der Waals surface area (Å²) in [5, 5.41) is 2.94. The van der Waals surface area contributed by atoms with Gasteiger partial charge in [-0.25, -0.2) is 0 Å². The molecule has 0 aliphatic carbocycles. The number of rotatable bonds is 8. The van der Waals surface area contributed by atoms with Gasteiger partial charge in [-0.1, -0.05) is 23.8 Å². The second-order valence-corrected chi connectivity index (χ2v) is 8.03. The maximum Gasteiger partial charge on any atom is 0.257 e. The summed E-state index contributed by atoms with van der Waals surface area (Å²) in [5.41, 5.74) is 3.99. The van der Waals surface area contributed by atoms with Crippen LogP contribution < -0.4 is 10.1 Å². The summed E-state index contributed by atoms with van der Waals surface area (Å²) >= 11 is 0. The van der Waals surface area contributed by atoms with Gasteiger partial charge in [0.15, 0.2) is 0 Å². The van der Waals surface area contributed by atoms with E-state index in [0.717, 1.165) is 11.4 Å². The smallest absolute Gasteiger partial charge is 0.257 e. The lowest BCUT2D eigenvalue weighted by molar-refractivity contribution is 0.0190. The van der Waals surface area contributed by atoms with Gasteiger partial charge < -0.3 is 14.8 Å². The first-order valence-electron chi connectivity index (χ1n) is 10.6. The van der Waals surface area contributed by atoms with Crippen LogP contribution in [0.4, 0.5) is 5.69 Å². The van der Waals surface area contributed by atoms with E-state index < -0.39 is 0 Å². The van der Waals surface area contributed by atoms with E-state index in [4.69, 9.17) is 9.47 Å². The van der Waals surface area contributed by atoms with Crippen LogP contribution in [0.15, 0.2) is 60.7 Å². The molecule has 5 nitrogen and oxygen atoms in total. The molecule has 0 spiro atoms. The number of carbonyl (C=O) groups is 1. The molecule has 1 amide bonds. The SMILES string of the molecule is Cc1ccc(Oc2cccc(NC(=O)c3ccc(CC(C)OC(C)C)nc3C)c2)cc1. The molecule has 1 N–H and O–H groups in total. The number of nitrogens with one attached hydrogen (secondary N) is 1. The molecule has 3 aromatic rings. The Labute approximate surface area is 184 Å². The van der Waals surface area contributed by atoms with Crippen molar-refractivity contribution in [2.24, 2.45) is 0 Å². The van der Waals surface area contributed by atoms with Gasteiger partial charge in [0.2, 0.25) is 0 Å². The monoisotopic (exact) mass is 418 g/mol. The van der Waals surface area contributed by atoms with Gasteiger partial charge in [-0.05, 0) is 71.0 Å². The first kappa shape index (κ1) is 22.5. The lowest BCUT2D eigenvalue weighted by Crippen LogP contribution is -2.18. The summed E-state index contributed by atoms with van der Waals surface area (Å²) in [6.07, 6.45) is 0.953. The Morgan fingerprint density at radius 1 is 0.968 bits per heavy atom. The maximum atomic E-state index is 12.8. The van der Waals surface area contributed by atoms with Crippen LogP contribution in [0.3, 0.4) is 0 Å². The molecular formula is C26H30N2O3. The molecule has 3 rings (SSSR count). The Hall–Kier alpha value is -3.18. The second-order valence-electron chi connectivity index (χ2n) is 8.03. The van der Waals surface area contributed by atoms with Crippen LogP contribution in [0.1, 0.15) is 48.1 Å². The summed E-state index contributed by atoms with van der Waals surface area (Å²) in [6, 6.07) is 18.9. The zero-order valence-electron chi connectivity index (χ0n) is 18.8. The fourth-order valence-corrected chi connectivity index (χ4v) is 3.35. The average molecular weight is 419 g/mol. The van der Waals surface area contributed by atoms with Crippen molar-refractivity contribution in [3.05, 3.63) is 83.2 Å². The van der Waals surface area contributed by atoms with Gasteiger partial charge in [-0.15, -0.1) is 0 Å². The Balaban J connectivity index is 1.66. The predicted molar refractivity (Wildman–Crippen MR) is 124 cm³/mol. The number of aryl methyl sites for hydroxylation is 2. The van der Waals surface area contributed by atoms with Crippen LogP contribution in [0.5, 0.6) is 11.5 Å². The van der Waals surface area contributed by atoms with Gasteiger partial charge in [0.25, 0.3) is 5.91 Å². The Kier molecular flexibility index (Phi) is 7.42. The van der Waals surface area contributed by atoms with E-state index in [1.165, 1.54) is 5.56 Å². The summed E-state index contributed by atoms with van der Waals surface area (Å²) < 4.78 is 11.7. The van der Waals surface area contributed by atoms with E-state index in [-0.39, 0.29) is 18.1 Å². The molecule has 1 atom stereocenters. The van der Waals surface area contributed by atoms with Crippen LogP contribution in [-0.2, 0) is 11.2 Å². The fraction of sp³-hybridized carbons (Fsp3) is 0.308. The number of anilines is 1. The zero-order chi connectivity index (χ0) is 22.4. The molecule has 2 aromatic carbocycles. The highest BCUT2D eigenvalue weighted by atomic mass is 16.5. The van der Waals surface area contributed by atoms with Gasteiger partial charge in [0.05, 0.1) is 23.5 Å². The van der Waals surface area contributed by atoms with Crippen molar-refractivity contribution in [3.63, 3.8) is 0 Å². The van der Waals surface area contributed by atoms with Gasteiger partial charge in [0.1, 0.15) is 11.5 Å². The molecular weight excluding hydrogens is 388 g/mol. The van der Waals surface area contributed by atoms with E-state index in [0.29, 0.717) is 29.1 Å². The molecule has 31 heavy (non-hydrogen) atoms. The Morgan fingerprint density at radius 2 is 1.71 bits per heavy atom. The van der Waals surface area contributed by atoms with E-state index in [9.17, 15) is 4.79 Å². The molecule has 0 fully saturated rings. The number of hydrogen-bond donors (Lipinski definition) is 1. The van der Waals surface area contributed by atoms with E-state index in [2.05, 4.69) is 10.3 Å². The lowest BCUT2D eigenvalue weighted by Gasteiger charge is -2.16. The second kappa shape index (κ2) is 10.2. The van der Waals surface area contributed by atoms with E-state index in [1.807, 2.05) is 89.2 Å². The van der Waals surface area contributed by atoms with Crippen LogP contribution in [0, 0.1) is 13.8 Å². The molecule has 0 saturated carbocycles. The maximum absolute atomic E-state index is 12.8. The van der Waals surface area contributed by atoms with Crippen molar-refractivity contribution in [2.45, 2.75) is 53.2 Å². The molecule has 0 aliphatic rings. The number of carbonyl (C=O) groups excluding carboxylic acids is 1. The van der Waals surface area contributed by atoms with Crippen LogP contribution in [-0.4, -0.2) is 23.1 Å². The van der Waals surface area contributed by atoms with Crippen LogP contribution >= 0.6 is 0 Å². The number of pyridine rings is 1. The minimum absolute atomic E-state index is 0.0721. The summed E-state index contributed by atoms with van der Waals surface area (Å²) in [7, 11) is 0. The normalized spacial score (nSPS) is 11.9. The molecule has 162 valence electrons. The molecule has 0 saturated heterocycles. The van der Waals surface area contributed by atoms with Crippen molar-refractivity contribution < 1.29 is 14.3 Å². The molecule has 0 radical (unpaired) electrons. The molecule has 1 aromatic heterocycles. The first-order chi connectivity index (χ1) is 14.8. The topological polar surface area (TPSA) is 60.5 Å². The first-order valence-corrected chi connectivity index (χ1v) is 10.6. The summed E-state index contributed by atoms with van der Waals surface area (Å²) in [6.45, 7) is 9.95. The number of hydrogen-bond acceptors (Lipinski definition) is 4. The highest BCUT2D eigenvalue weighted by Gasteiger charge is 2.13. The number of benzene rings is 2. The molecule has 1 heterocycles. The largest absolute Gasteiger partial charge is 0.457 e. The van der Waals surface area contributed by atoms with Crippen molar-refractivity contribution in [1.82, 2.24) is 4.98 Å². The van der Waals surface area contributed by atoms with Gasteiger partial charge in [0, 0.05) is 23.9 Å². The highest BCUT2D eigenvalue weighted by Crippen LogP contribution is 2.25. The summed E-state index contributed by atoms with van der Waals surface area (Å²) in [5.74, 6) is 1.21. The number of amides is 1. The fourth-order valence-electron chi connectivity index (χ4n) is 3.35. The zero-order valence-corrected chi connectivity index (χ0v) is 18.8. The van der Waals surface area contributed by atoms with Crippen molar-refractivity contribution >= 4 is 11.6 Å². The summed E-state index contributed by atoms with van der Waals surface area (Å²) in [4.78, 5) is 17.4. The number of aromatic nitrogens is 1. The Bertz CT molecular complexity index is 1030. The van der Waals surface area contributed by atoms with Crippen molar-refractivity contribution in [2.75, 3.05) is 5.32 Å². The van der Waals surface area contributed by atoms with Crippen LogP contribution in [0.25, 0.3) is 0 Å². The third-order valence-electron chi connectivity index (χ3n) is 4.74. The molecule has 1 unspecified atom stereocenters. The van der Waals surface area contributed by atoms with Crippen molar-refractivity contribution in [1.29, 1.82) is 0 Å². The van der Waals surface area contributed by atoms with Crippen molar-refractivity contribution in [3.8, 4) is 11.5 Å². The van der Waals surface area contributed by atoms with E-state index in [1.54, 1.807) is 6.07 Å². The number of ether oxygens (including phenoxy) is 2. The quantitative estimate of drug-likeness (QED) is 0.480. The Morgan fingerprint density at radius 3 is 2.39 bits per heavy atom. The van der Waals surface area contributed by atoms with Gasteiger partial charge >= 0.3 is 0 Å². The third kappa shape index (κ3) is 6.66. The van der Waals surface area contributed by atoms with Gasteiger partial charge in [-0.3, -0.25) is 9.78 Å². The minimum atomic E-state index is -0.199. The third-order valence-corrected chi connectivity index (χ3v) is 4.74. The molecule has 5 heteroatoms. The average Bonchev–Trinajstić information content (AvgIpc) is 2.69. The molecule has 0 aliphatic heterocycles.